The summed E-state index contributed by atoms with van der Waals surface area (Å²) in [6.45, 7) is 4.36. The van der Waals surface area contributed by atoms with Gasteiger partial charge in [0.15, 0.2) is 11.5 Å². The Bertz CT molecular complexity index is 574. The molecule has 0 saturated heterocycles. The molecule has 21 heavy (non-hydrogen) atoms. The number of ether oxygens (including phenoxy) is 2. The summed E-state index contributed by atoms with van der Waals surface area (Å²) in [5, 5.41) is 9.60. The molecule has 0 saturated carbocycles. The Morgan fingerprint density at radius 2 is 1.67 bits per heavy atom. The molecule has 0 aliphatic heterocycles. The van der Waals surface area contributed by atoms with E-state index in [1.54, 1.807) is 20.1 Å². The van der Waals surface area contributed by atoms with E-state index in [1.807, 2.05) is 12.1 Å². The molecule has 1 atom stereocenters. The first-order valence-corrected chi connectivity index (χ1v) is 7.20. The fourth-order valence-corrected chi connectivity index (χ4v) is 2.10. The Hall–Kier alpha value is -2.00. The summed E-state index contributed by atoms with van der Waals surface area (Å²) < 4.78 is 11.1. The summed E-state index contributed by atoms with van der Waals surface area (Å²) in [5.41, 5.74) is 3.25. The molecule has 2 aromatic carbocycles. The van der Waals surface area contributed by atoms with Crippen molar-refractivity contribution in [1.29, 1.82) is 0 Å². The Labute approximate surface area is 126 Å². The molecule has 0 radical (unpaired) electrons. The molecule has 3 heteroatoms. The Balaban J connectivity index is 2.08. The normalized spacial score (nSPS) is 12.0. The van der Waals surface area contributed by atoms with Gasteiger partial charge in [-0.25, -0.2) is 0 Å². The zero-order valence-electron chi connectivity index (χ0n) is 12.8. The number of rotatable bonds is 6. The molecule has 0 fully saturated rings. The molecule has 1 N–H and O–H groups in total. The van der Waals surface area contributed by atoms with Gasteiger partial charge >= 0.3 is 0 Å². The summed E-state index contributed by atoms with van der Waals surface area (Å²) in [6, 6.07) is 13.9. The third kappa shape index (κ3) is 3.99. The van der Waals surface area contributed by atoms with Gasteiger partial charge in [0.25, 0.3) is 0 Å². The quantitative estimate of drug-likeness (QED) is 0.875. The predicted octanol–water partition coefficient (Wildman–Crippen LogP) is 3.89. The van der Waals surface area contributed by atoms with Crippen LogP contribution in [0.2, 0.25) is 0 Å². The maximum Gasteiger partial charge on any atom is 0.161 e. The molecule has 0 bridgehead atoms. The van der Waals surface area contributed by atoms with E-state index < -0.39 is 6.10 Å². The van der Waals surface area contributed by atoms with Crippen LogP contribution in [0.15, 0.2) is 42.5 Å². The number of hydrogen-bond acceptors (Lipinski definition) is 3. The highest BCUT2D eigenvalue weighted by Crippen LogP contribution is 2.30. The van der Waals surface area contributed by atoms with Crippen molar-refractivity contribution in [3.8, 4) is 11.5 Å². The standard InChI is InChI=1S/C18H22O3/c1-4-14-5-7-15(8-6-14)12-21-17-10-9-16(13(2)19)11-18(17)20-3/h5-11,13,19H,4,12H2,1-3H3/t13-/m1/s1. The van der Waals surface area contributed by atoms with Crippen LogP contribution < -0.4 is 9.47 Å². The highest BCUT2D eigenvalue weighted by atomic mass is 16.5. The van der Waals surface area contributed by atoms with Crippen molar-refractivity contribution in [2.24, 2.45) is 0 Å². The van der Waals surface area contributed by atoms with E-state index in [2.05, 4.69) is 31.2 Å². The maximum absolute atomic E-state index is 9.60. The summed E-state index contributed by atoms with van der Waals surface area (Å²) in [7, 11) is 1.60. The van der Waals surface area contributed by atoms with E-state index >= 15 is 0 Å². The summed E-state index contributed by atoms with van der Waals surface area (Å²) in [6.07, 6.45) is 0.519. The van der Waals surface area contributed by atoms with E-state index in [-0.39, 0.29) is 0 Å². The molecule has 0 heterocycles. The first-order chi connectivity index (χ1) is 10.1. The molecular weight excluding hydrogens is 264 g/mol. The third-order valence-electron chi connectivity index (χ3n) is 3.50. The Kier molecular flexibility index (Phi) is 5.23. The molecule has 0 amide bonds. The van der Waals surface area contributed by atoms with Gasteiger partial charge in [0.2, 0.25) is 0 Å². The summed E-state index contributed by atoms with van der Waals surface area (Å²) in [4.78, 5) is 0. The van der Waals surface area contributed by atoms with Gasteiger partial charge in [0.1, 0.15) is 6.61 Å². The minimum Gasteiger partial charge on any atom is -0.493 e. The van der Waals surface area contributed by atoms with Crippen molar-refractivity contribution in [3.63, 3.8) is 0 Å². The van der Waals surface area contributed by atoms with Crippen molar-refractivity contribution in [3.05, 3.63) is 59.2 Å². The Morgan fingerprint density at radius 3 is 2.24 bits per heavy atom. The third-order valence-corrected chi connectivity index (χ3v) is 3.50. The van der Waals surface area contributed by atoms with Gasteiger partial charge in [-0.3, -0.25) is 0 Å². The van der Waals surface area contributed by atoms with Crippen molar-refractivity contribution >= 4 is 0 Å². The number of benzene rings is 2. The van der Waals surface area contributed by atoms with Crippen molar-refractivity contribution in [2.45, 2.75) is 33.0 Å². The van der Waals surface area contributed by atoms with Crippen molar-refractivity contribution in [2.75, 3.05) is 7.11 Å². The lowest BCUT2D eigenvalue weighted by Crippen LogP contribution is -1.99. The van der Waals surface area contributed by atoms with Gasteiger partial charge in [-0.05, 0) is 42.2 Å². The first kappa shape index (κ1) is 15.4. The van der Waals surface area contributed by atoms with E-state index in [0.717, 1.165) is 17.5 Å². The molecule has 0 unspecified atom stereocenters. The molecule has 3 nitrogen and oxygen atoms in total. The lowest BCUT2D eigenvalue weighted by molar-refractivity contribution is 0.198. The number of aryl methyl sites for hydroxylation is 1. The van der Waals surface area contributed by atoms with E-state index in [9.17, 15) is 5.11 Å². The first-order valence-electron chi connectivity index (χ1n) is 7.20. The summed E-state index contributed by atoms with van der Waals surface area (Å²) >= 11 is 0. The fourth-order valence-electron chi connectivity index (χ4n) is 2.10. The van der Waals surface area contributed by atoms with Crippen LogP contribution in [0.3, 0.4) is 0 Å². The van der Waals surface area contributed by atoms with Crippen LogP contribution in [0.25, 0.3) is 0 Å². The van der Waals surface area contributed by atoms with Gasteiger partial charge < -0.3 is 14.6 Å². The molecule has 0 aliphatic carbocycles. The second kappa shape index (κ2) is 7.14. The maximum atomic E-state index is 9.60. The SMILES string of the molecule is CCc1ccc(COc2ccc([C@@H](C)O)cc2OC)cc1. The van der Waals surface area contributed by atoms with Gasteiger partial charge in [-0.1, -0.05) is 37.3 Å². The Morgan fingerprint density at radius 1 is 1.00 bits per heavy atom. The lowest BCUT2D eigenvalue weighted by atomic mass is 10.1. The van der Waals surface area contributed by atoms with Crippen LogP contribution in [0.5, 0.6) is 11.5 Å². The van der Waals surface area contributed by atoms with Crippen molar-refractivity contribution < 1.29 is 14.6 Å². The number of hydrogen-bond donors (Lipinski definition) is 1. The van der Waals surface area contributed by atoms with Crippen LogP contribution in [0, 0.1) is 0 Å². The fraction of sp³-hybridized carbons (Fsp3) is 0.333. The molecule has 0 aromatic heterocycles. The van der Waals surface area contributed by atoms with Crippen molar-refractivity contribution in [1.82, 2.24) is 0 Å². The predicted molar refractivity (Wildman–Crippen MR) is 83.8 cm³/mol. The largest absolute Gasteiger partial charge is 0.493 e. The minimum absolute atomic E-state index is 0.494. The molecule has 112 valence electrons. The highest BCUT2D eigenvalue weighted by Gasteiger charge is 2.09. The van der Waals surface area contributed by atoms with Crippen LogP contribution in [-0.2, 0) is 13.0 Å². The smallest absolute Gasteiger partial charge is 0.161 e. The number of aliphatic hydroxyl groups is 1. The monoisotopic (exact) mass is 286 g/mol. The average Bonchev–Trinajstić information content (AvgIpc) is 2.53. The second-order valence-corrected chi connectivity index (χ2v) is 5.04. The zero-order chi connectivity index (χ0) is 15.2. The molecular formula is C18H22O3. The van der Waals surface area contributed by atoms with Crippen LogP contribution in [0.1, 0.15) is 36.6 Å². The topological polar surface area (TPSA) is 38.7 Å². The molecule has 2 aromatic rings. The zero-order valence-corrected chi connectivity index (χ0v) is 12.8. The minimum atomic E-state index is -0.519. The molecule has 0 spiro atoms. The van der Waals surface area contributed by atoms with Crippen LogP contribution >= 0.6 is 0 Å². The van der Waals surface area contributed by atoms with Gasteiger partial charge in [-0.15, -0.1) is 0 Å². The lowest BCUT2D eigenvalue weighted by Gasteiger charge is -2.13. The van der Waals surface area contributed by atoms with Gasteiger partial charge in [0.05, 0.1) is 13.2 Å². The number of methoxy groups -OCH3 is 1. The van der Waals surface area contributed by atoms with E-state index in [4.69, 9.17) is 9.47 Å². The highest BCUT2D eigenvalue weighted by molar-refractivity contribution is 5.43. The molecule has 2 rings (SSSR count). The second-order valence-electron chi connectivity index (χ2n) is 5.04. The van der Waals surface area contributed by atoms with E-state index in [0.29, 0.717) is 18.1 Å². The molecule has 0 aliphatic rings. The summed E-state index contributed by atoms with van der Waals surface area (Å²) in [5.74, 6) is 1.32. The number of aliphatic hydroxyl groups excluding tert-OH is 1. The van der Waals surface area contributed by atoms with Crippen LogP contribution in [-0.4, -0.2) is 12.2 Å². The van der Waals surface area contributed by atoms with Gasteiger partial charge in [0, 0.05) is 0 Å². The average molecular weight is 286 g/mol. The van der Waals surface area contributed by atoms with Crippen LogP contribution in [0.4, 0.5) is 0 Å². The van der Waals surface area contributed by atoms with Gasteiger partial charge in [-0.2, -0.15) is 0 Å². The van der Waals surface area contributed by atoms with E-state index in [1.165, 1.54) is 5.56 Å².